The molecular formula is C11H20O4S. The Morgan fingerprint density at radius 2 is 1.88 bits per heavy atom. The van der Waals surface area contributed by atoms with E-state index in [0.717, 1.165) is 11.8 Å². The fraction of sp³-hybridized carbons (Fsp3) is 0.818. The Morgan fingerprint density at radius 3 is 2.38 bits per heavy atom. The molecule has 1 unspecified atom stereocenters. The average molecular weight is 248 g/mol. The van der Waals surface area contributed by atoms with Crippen molar-refractivity contribution in [2.75, 3.05) is 25.6 Å². The van der Waals surface area contributed by atoms with Gasteiger partial charge in [0.15, 0.2) is 0 Å². The summed E-state index contributed by atoms with van der Waals surface area (Å²) in [4.78, 5) is 23.2. The van der Waals surface area contributed by atoms with Gasteiger partial charge in [-0.2, -0.15) is 0 Å². The van der Waals surface area contributed by atoms with Gasteiger partial charge < -0.3 is 9.47 Å². The minimum atomic E-state index is -0.684. The van der Waals surface area contributed by atoms with Crippen molar-refractivity contribution in [3.05, 3.63) is 0 Å². The van der Waals surface area contributed by atoms with Crippen LogP contribution >= 0.6 is 11.8 Å². The topological polar surface area (TPSA) is 52.6 Å². The van der Waals surface area contributed by atoms with Gasteiger partial charge in [-0.15, -0.1) is 0 Å². The maximum Gasteiger partial charge on any atom is 0.317 e. The van der Waals surface area contributed by atoms with Gasteiger partial charge in [0.1, 0.15) is 5.92 Å². The lowest BCUT2D eigenvalue weighted by molar-refractivity contribution is -0.150. The minimum absolute atomic E-state index is 0.124. The normalized spacial score (nSPS) is 12.2. The minimum Gasteiger partial charge on any atom is -0.465 e. The van der Waals surface area contributed by atoms with Crippen LogP contribution in [0.5, 0.6) is 0 Å². The number of hydrogen-bond acceptors (Lipinski definition) is 5. The predicted molar refractivity (Wildman–Crippen MR) is 64.4 cm³/mol. The molecule has 0 aliphatic carbocycles. The van der Waals surface area contributed by atoms with Gasteiger partial charge in [0.05, 0.1) is 6.61 Å². The molecule has 0 rings (SSSR count). The van der Waals surface area contributed by atoms with E-state index in [1.54, 1.807) is 6.92 Å². The van der Waals surface area contributed by atoms with E-state index in [1.807, 2.05) is 13.8 Å². The summed E-state index contributed by atoms with van der Waals surface area (Å²) in [6.07, 6.45) is 0.401. The van der Waals surface area contributed by atoms with Crippen LogP contribution < -0.4 is 0 Å². The van der Waals surface area contributed by atoms with E-state index in [-0.39, 0.29) is 5.12 Å². The molecule has 0 bridgehead atoms. The van der Waals surface area contributed by atoms with Crippen LogP contribution in [0.25, 0.3) is 0 Å². The molecule has 0 fully saturated rings. The van der Waals surface area contributed by atoms with Crippen LogP contribution in [0.3, 0.4) is 0 Å². The van der Waals surface area contributed by atoms with E-state index in [2.05, 4.69) is 0 Å². The molecule has 0 amide bonds. The third kappa shape index (κ3) is 6.12. The molecule has 5 heteroatoms. The molecular weight excluding hydrogens is 228 g/mol. The lowest BCUT2D eigenvalue weighted by Gasteiger charge is -2.13. The lowest BCUT2D eigenvalue weighted by Crippen LogP contribution is -2.26. The quantitative estimate of drug-likeness (QED) is 0.373. The summed E-state index contributed by atoms with van der Waals surface area (Å²) in [5.74, 6) is -0.451. The number of hydrogen-bond donors (Lipinski definition) is 0. The molecule has 4 nitrogen and oxygen atoms in total. The first-order valence-corrected chi connectivity index (χ1v) is 6.56. The highest BCUT2D eigenvalue weighted by Crippen LogP contribution is 2.16. The van der Waals surface area contributed by atoms with E-state index < -0.39 is 11.9 Å². The second-order valence-corrected chi connectivity index (χ2v) is 4.31. The van der Waals surface area contributed by atoms with Crippen molar-refractivity contribution in [2.45, 2.75) is 27.2 Å². The monoisotopic (exact) mass is 248 g/mol. The van der Waals surface area contributed by atoms with Gasteiger partial charge in [-0.25, -0.2) is 0 Å². The van der Waals surface area contributed by atoms with Gasteiger partial charge in [-0.05, 0) is 26.0 Å². The third-order valence-corrected chi connectivity index (χ3v) is 2.75. The van der Waals surface area contributed by atoms with Crippen LogP contribution in [0.2, 0.25) is 0 Å². The van der Waals surface area contributed by atoms with Crippen LogP contribution in [0, 0.1) is 5.92 Å². The SMILES string of the molecule is CCOCCC(C(=O)OCC)C(=O)SCC. The number of carbonyl (C=O) groups excluding carboxylic acids is 2. The highest BCUT2D eigenvalue weighted by atomic mass is 32.2. The van der Waals surface area contributed by atoms with Crippen molar-refractivity contribution in [2.24, 2.45) is 5.92 Å². The Hall–Kier alpha value is -0.550. The number of esters is 1. The second-order valence-electron chi connectivity index (χ2n) is 3.04. The second kappa shape index (κ2) is 9.66. The zero-order valence-corrected chi connectivity index (χ0v) is 11.0. The summed E-state index contributed by atoms with van der Waals surface area (Å²) < 4.78 is 10.0. The first kappa shape index (κ1) is 15.4. The molecule has 0 spiro atoms. The summed E-state index contributed by atoms with van der Waals surface area (Å²) in [5, 5.41) is -0.124. The summed E-state index contributed by atoms with van der Waals surface area (Å²) in [5.41, 5.74) is 0. The van der Waals surface area contributed by atoms with Gasteiger partial charge in [0.25, 0.3) is 0 Å². The largest absolute Gasteiger partial charge is 0.465 e. The van der Waals surface area contributed by atoms with Gasteiger partial charge in [-0.3, -0.25) is 9.59 Å². The first-order valence-electron chi connectivity index (χ1n) is 5.58. The predicted octanol–water partition coefficient (Wildman–Crippen LogP) is 1.87. The van der Waals surface area contributed by atoms with Crippen molar-refractivity contribution in [1.29, 1.82) is 0 Å². The van der Waals surface area contributed by atoms with Gasteiger partial charge in [-0.1, -0.05) is 18.7 Å². The Kier molecular flexibility index (Phi) is 9.33. The van der Waals surface area contributed by atoms with Crippen LogP contribution in [-0.4, -0.2) is 36.7 Å². The van der Waals surface area contributed by atoms with Gasteiger partial charge >= 0.3 is 5.97 Å². The Bertz CT molecular complexity index is 200. The molecule has 0 heterocycles. The highest BCUT2D eigenvalue weighted by Gasteiger charge is 2.27. The van der Waals surface area contributed by atoms with Gasteiger partial charge in [0, 0.05) is 13.2 Å². The van der Waals surface area contributed by atoms with Crippen LogP contribution in [0.15, 0.2) is 0 Å². The fourth-order valence-electron chi connectivity index (χ4n) is 1.16. The molecule has 0 saturated heterocycles. The van der Waals surface area contributed by atoms with E-state index in [4.69, 9.17) is 9.47 Å². The number of ether oxygens (including phenoxy) is 2. The molecule has 0 aromatic carbocycles. The summed E-state index contributed by atoms with van der Waals surface area (Å²) in [6.45, 7) is 6.79. The maximum absolute atomic E-state index is 11.7. The number of rotatable bonds is 8. The average Bonchev–Trinajstić information content (AvgIpc) is 2.25. The van der Waals surface area contributed by atoms with Crippen molar-refractivity contribution in [3.8, 4) is 0 Å². The third-order valence-electron chi connectivity index (χ3n) is 1.90. The fourth-order valence-corrected chi connectivity index (χ4v) is 1.86. The zero-order chi connectivity index (χ0) is 12.4. The molecule has 16 heavy (non-hydrogen) atoms. The molecule has 0 aliphatic heterocycles. The maximum atomic E-state index is 11.7. The smallest absolute Gasteiger partial charge is 0.317 e. The molecule has 0 radical (unpaired) electrons. The van der Waals surface area contributed by atoms with Gasteiger partial charge in [0.2, 0.25) is 5.12 Å². The summed E-state index contributed by atoms with van der Waals surface area (Å²) >= 11 is 1.16. The van der Waals surface area contributed by atoms with Crippen LogP contribution in [0.1, 0.15) is 27.2 Å². The molecule has 0 aromatic heterocycles. The zero-order valence-electron chi connectivity index (χ0n) is 10.2. The molecule has 94 valence electrons. The molecule has 0 N–H and O–H groups in total. The van der Waals surface area contributed by atoms with E-state index >= 15 is 0 Å². The Balaban J connectivity index is 4.25. The van der Waals surface area contributed by atoms with E-state index in [1.165, 1.54) is 0 Å². The van der Waals surface area contributed by atoms with Crippen molar-refractivity contribution < 1.29 is 19.1 Å². The van der Waals surface area contributed by atoms with E-state index in [0.29, 0.717) is 32.0 Å². The number of thioether (sulfide) groups is 1. The Labute approximate surface area is 101 Å². The summed E-state index contributed by atoms with van der Waals surface area (Å²) in [7, 11) is 0. The standard InChI is InChI=1S/C11H20O4S/c1-4-14-8-7-9(10(12)15-5-2)11(13)16-6-3/h9H,4-8H2,1-3H3. The van der Waals surface area contributed by atoms with Crippen molar-refractivity contribution in [3.63, 3.8) is 0 Å². The first-order chi connectivity index (χ1) is 7.67. The molecule has 0 saturated carbocycles. The number of carbonyl (C=O) groups is 2. The molecule has 0 aromatic rings. The van der Waals surface area contributed by atoms with Crippen LogP contribution in [-0.2, 0) is 19.1 Å². The highest BCUT2D eigenvalue weighted by molar-refractivity contribution is 8.13. The molecule has 1 atom stereocenters. The lowest BCUT2D eigenvalue weighted by atomic mass is 10.1. The van der Waals surface area contributed by atoms with Crippen molar-refractivity contribution in [1.82, 2.24) is 0 Å². The van der Waals surface area contributed by atoms with Crippen molar-refractivity contribution >= 4 is 22.8 Å². The molecule has 0 aliphatic rings. The van der Waals surface area contributed by atoms with Crippen LogP contribution in [0.4, 0.5) is 0 Å². The van der Waals surface area contributed by atoms with E-state index in [9.17, 15) is 9.59 Å². The summed E-state index contributed by atoms with van der Waals surface area (Å²) in [6, 6.07) is 0. The Morgan fingerprint density at radius 1 is 1.19 bits per heavy atom.